The zero-order chi connectivity index (χ0) is 13.2. The zero-order valence-electron chi connectivity index (χ0n) is 10.5. The van der Waals surface area contributed by atoms with Crippen LogP contribution in [0.2, 0.25) is 0 Å². The topological polar surface area (TPSA) is 55.0 Å². The highest BCUT2D eigenvalue weighted by molar-refractivity contribution is 5.86. The molecule has 4 nitrogen and oxygen atoms in total. The number of rotatable bonds is 3. The third-order valence-corrected chi connectivity index (χ3v) is 3.61. The molecule has 0 N–H and O–H groups in total. The molecule has 3 rings (SSSR count). The summed E-state index contributed by atoms with van der Waals surface area (Å²) in [5.41, 5.74) is 1.55. The second-order valence-corrected chi connectivity index (χ2v) is 4.86. The van der Waals surface area contributed by atoms with Gasteiger partial charge in [-0.05, 0) is 30.0 Å². The summed E-state index contributed by atoms with van der Waals surface area (Å²) in [5.74, 6) is 0.231. The quantitative estimate of drug-likeness (QED) is 0.843. The maximum atomic E-state index is 12.1. The molecule has 0 amide bonds. The summed E-state index contributed by atoms with van der Waals surface area (Å²) >= 11 is 0. The summed E-state index contributed by atoms with van der Waals surface area (Å²) in [6.45, 7) is 1.58. The van der Waals surface area contributed by atoms with Gasteiger partial charge in [0.15, 0.2) is 5.78 Å². The molecule has 4 heteroatoms. The minimum absolute atomic E-state index is 0.0246. The van der Waals surface area contributed by atoms with Crippen molar-refractivity contribution in [2.24, 2.45) is 5.92 Å². The average Bonchev–Trinajstić information content (AvgIpc) is 3.08. The predicted molar refractivity (Wildman–Crippen MR) is 70.6 cm³/mol. The third kappa shape index (κ3) is 2.25. The van der Waals surface area contributed by atoms with E-state index in [0.29, 0.717) is 25.3 Å². The highest BCUT2D eigenvalue weighted by Gasteiger charge is 2.23. The Balaban J connectivity index is 1.88. The summed E-state index contributed by atoms with van der Waals surface area (Å²) in [7, 11) is 0. The average molecular weight is 254 g/mol. The molecule has 0 aliphatic carbocycles. The van der Waals surface area contributed by atoms with Gasteiger partial charge in [0.1, 0.15) is 0 Å². The van der Waals surface area contributed by atoms with E-state index < -0.39 is 0 Å². The Morgan fingerprint density at radius 3 is 3.11 bits per heavy atom. The summed E-state index contributed by atoms with van der Waals surface area (Å²) < 4.78 is 7.16. The Hall–Kier alpha value is -2.12. The molecule has 1 aromatic carbocycles. The van der Waals surface area contributed by atoms with E-state index in [4.69, 9.17) is 10.00 Å². The van der Waals surface area contributed by atoms with Gasteiger partial charge in [-0.25, -0.2) is 0 Å². The molecular weight excluding hydrogens is 240 g/mol. The lowest BCUT2D eigenvalue weighted by Gasteiger charge is -2.08. The van der Waals surface area contributed by atoms with Crippen LogP contribution in [0.3, 0.4) is 0 Å². The Bertz CT molecular complexity index is 660. The van der Waals surface area contributed by atoms with Crippen molar-refractivity contribution in [2.75, 3.05) is 13.2 Å². The maximum Gasteiger partial charge on any atom is 0.157 e. The van der Waals surface area contributed by atoms with Gasteiger partial charge in [-0.3, -0.25) is 4.79 Å². The second-order valence-electron chi connectivity index (χ2n) is 4.86. The van der Waals surface area contributed by atoms with E-state index in [0.717, 1.165) is 17.3 Å². The number of carbonyl (C=O) groups is 1. The summed E-state index contributed by atoms with van der Waals surface area (Å²) in [6, 6.07) is 9.62. The number of ketones is 1. The molecule has 1 aromatic heterocycles. The summed E-state index contributed by atoms with van der Waals surface area (Å²) in [5, 5.41) is 9.99. The van der Waals surface area contributed by atoms with Crippen molar-refractivity contribution in [1.29, 1.82) is 5.26 Å². The Labute approximate surface area is 111 Å². The first-order valence-corrected chi connectivity index (χ1v) is 6.37. The van der Waals surface area contributed by atoms with E-state index >= 15 is 0 Å². The maximum absolute atomic E-state index is 12.1. The van der Waals surface area contributed by atoms with Crippen LogP contribution in [0.15, 0.2) is 30.5 Å². The summed E-state index contributed by atoms with van der Waals surface area (Å²) in [4.78, 5) is 12.1. The fraction of sp³-hybridized carbons (Fsp3) is 0.333. The van der Waals surface area contributed by atoms with Gasteiger partial charge in [-0.15, -0.1) is 0 Å². The number of benzene rings is 1. The number of hydrogen-bond donors (Lipinski definition) is 0. The molecule has 0 bridgehead atoms. The van der Waals surface area contributed by atoms with Gasteiger partial charge >= 0.3 is 0 Å². The van der Waals surface area contributed by atoms with Crippen LogP contribution in [0.5, 0.6) is 0 Å². The first-order valence-electron chi connectivity index (χ1n) is 6.37. The van der Waals surface area contributed by atoms with Crippen molar-refractivity contribution in [1.82, 2.24) is 4.57 Å². The van der Waals surface area contributed by atoms with E-state index in [-0.39, 0.29) is 11.7 Å². The first kappa shape index (κ1) is 11.9. The van der Waals surface area contributed by atoms with Crippen molar-refractivity contribution >= 4 is 16.7 Å². The van der Waals surface area contributed by atoms with E-state index in [9.17, 15) is 4.79 Å². The molecule has 0 saturated carbocycles. The molecule has 2 heterocycles. The lowest BCUT2D eigenvalue weighted by atomic mass is 10.0. The predicted octanol–water partition coefficient (Wildman–Crippen LogP) is 2.12. The normalized spacial score (nSPS) is 18.6. The van der Waals surface area contributed by atoms with Crippen LogP contribution in [-0.2, 0) is 16.1 Å². The zero-order valence-corrected chi connectivity index (χ0v) is 10.5. The molecule has 1 aliphatic rings. The molecule has 1 unspecified atom stereocenters. The molecule has 96 valence electrons. The third-order valence-electron chi connectivity index (χ3n) is 3.61. The van der Waals surface area contributed by atoms with E-state index in [1.54, 1.807) is 6.07 Å². The minimum atomic E-state index is 0.0246. The number of nitrogens with zero attached hydrogens (tertiary/aromatic N) is 2. The van der Waals surface area contributed by atoms with Crippen LogP contribution in [0.4, 0.5) is 0 Å². The van der Waals surface area contributed by atoms with Gasteiger partial charge in [0.2, 0.25) is 0 Å². The van der Waals surface area contributed by atoms with Crippen molar-refractivity contribution in [3.8, 4) is 6.07 Å². The Kier molecular flexibility index (Phi) is 3.06. The number of hydrogen-bond acceptors (Lipinski definition) is 3. The van der Waals surface area contributed by atoms with Crippen LogP contribution in [-0.4, -0.2) is 23.6 Å². The van der Waals surface area contributed by atoms with Crippen LogP contribution < -0.4 is 0 Å². The number of ether oxygens (including phenoxy) is 1. The number of carbonyl (C=O) groups excluding carboxylic acids is 1. The standard InChI is InChI=1S/C15H14N2O2/c16-8-11-1-2-12-3-5-17(14(12)7-11)9-15(18)13-4-6-19-10-13/h1-3,5,7,13H,4,6,9-10H2. The molecule has 1 atom stereocenters. The fourth-order valence-electron chi connectivity index (χ4n) is 2.48. The lowest BCUT2D eigenvalue weighted by molar-refractivity contribution is -0.123. The monoisotopic (exact) mass is 254 g/mol. The molecular formula is C15H14N2O2. The Morgan fingerprint density at radius 1 is 1.47 bits per heavy atom. The smallest absolute Gasteiger partial charge is 0.157 e. The van der Waals surface area contributed by atoms with Crippen molar-refractivity contribution in [2.45, 2.75) is 13.0 Å². The van der Waals surface area contributed by atoms with Crippen LogP contribution >= 0.6 is 0 Å². The molecule has 1 aliphatic heterocycles. The van der Waals surface area contributed by atoms with Crippen LogP contribution in [0.25, 0.3) is 10.9 Å². The number of nitriles is 1. The molecule has 2 aromatic rings. The second kappa shape index (κ2) is 4.87. The van der Waals surface area contributed by atoms with Crippen LogP contribution in [0, 0.1) is 17.2 Å². The van der Waals surface area contributed by atoms with Crippen molar-refractivity contribution in [3.05, 3.63) is 36.0 Å². The minimum Gasteiger partial charge on any atom is -0.381 e. The lowest BCUT2D eigenvalue weighted by Crippen LogP contribution is -2.19. The Morgan fingerprint density at radius 2 is 2.37 bits per heavy atom. The van der Waals surface area contributed by atoms with Gasteiger partial charge in [0, 0.05) is 24.2 Å². The number of fused-ring (bicyclic) bond motifs is 1. The molecule has 19 heavy (non-hydrogen) atoms. The highest BCUT2D eigenvalue weighted by atomic mass is 16.5. The first-order chi connectivity index (χ1) is 9.28. The SMILES string of the molecule is N#Cc1ccc2ccn(CC(=O)C3CCOC3)c2c1. The summed E-state index contributed by atoms with van der Waals surface area (Å²) in [6.07, 6.45) is 2.72. The van der Waals surface area contributed by atoms with E-state index in [2.05, 4.69) is 6.07 Å². The molecule has 0 spiro atoms. The van der Waals surface area contributed by atoms with Crippen molar-refractivity contribution < 1.29 is 9.53 Å². The number of aromatic nitrogens is 1. The van der Waals surface area contributed by atoms with Crippen LogP contribution in [0.1, 0.15) is 12.0 Å². The van der Waals surface area contributed by atoms with Crippen molar-refractivity contribution in [3.63, 3.8) is 0 Å². The van der Waals surface area contributed by atoms with Gasteiger partial charge in [0.25, 0.3) is 0 Å². The fourth-order valence-corrected chi connectivity index (χ4v) is 2.48. The largest absolute Gasteiger partial charge is 0.381 e. The highest BCUT2D eigenvalue weighted by Crippen LogP contribution is 2.20. The van der Waals surface area contributed by atoms with Gasteiger partial charge < -0.3 is 9.30 Å². The molecule has 1 saturated heterocycles. The van der Waals surface area contributed by atoms with Gasteiger partial charge in [-0.1, -0.05) is 6.07 Å². The van der Waals surface area contributed by atoms with E-state index in [1.165, 1.54) is 0 Å². The van der Waals surface area contributed by atoms with E-state index in [1.807, 2.05) is 29.0 Å². The molecule has 0 radical (unpaired) electrons. The number of Topliss-reactive ketones (excluding diaryl/α,β-unsaturated/α-hetero) is 1. The molecule has 1 fully saturated rings. The van der Waals surface area contributed by atoms with Gasteiger partial charge in [-0.2, -0.15) is 5.26 Å². The van der Waals surface area contributed by atoms with Gasteiger partial charge in [0.05, 0.1) is 24.8 Å².